The molecule has 0 atom stereocenters. The zero-order valence-electron chi connectivity index (χ0n) is 9.23. The minimum atomic E-state index is 0.563. The third kappa shape index (κ3) is 1.77. The number of nitrogens with two attached hydrogens (primary N) is 1. The molecular weight excluding hydrogens is 250 g/mol. The topological polar surface area (TPSA) is 54.7 Å². The smallest absolute Gasteiger partial charge is 0.154 e. The van der Waals surface area contributed by atoms with Crippen molar-refractivity contribution < 1.29 is 0 Å². The molecule has 0 spiro atoms. The number of nitrogens with one attached hydrogen (secondary N) is 1. The van der Waals surface area contributed by atoms with Crippen molar-refractivity contribution in [3.8, 4) is 21.0 Å². The molecule has 0 amide bonds. The number of thiophene rings is 2. The van der Waals surface area contributed by atoms with Crippen LogP contribution in [0.4, 0.5) is 5.82 Å². The minimum absolute atomic E-state index is 0.563. The van der Waals surface area contributed by atoms with Crippen LogP contribution in [0.2, 0.25) is 0 Å². The summed E-state index contributed by atoms with van der Waals surface area (Å²) in [5.74, 6) is 0.563. The van der Waals surface area contributed by atoms with Gasteiger partial charge in [0.15, 0.2) is 5.82 Å². The number of rotatable bonds is 2. The third-order valence-electron chi connectivity index (χ3n) is 2.55. The molecule has 3 aromatic heterocycles. The maximum atomic E-state index is 5.95. The van der Waals surface area contributed by atoms with E-state index in [1.165, 1.54) is 9.75 Å². The number of anilines is 1. The van der Waals surface area contributed by atoms with Crippen molar-refractivity contribution in [1.82, 2.24) is 10.2 Å². The molecule has 3 heterocycles. The molecule has 5 heteroatoms. The Labute approximate surface area is 107 Å². The molecule has 0 fully saturated rings. The first-order chi connectivity index (χ1) is 8.25. The first-order valence-electron chi connectivity index (χ1n) is 5.20. The van der Waals surface area contributed by atoms with E-state index in [0.29, 0.717) is 5.82 Å². The standard InChI is InChI=1S/C12H11N3S2/c1-7-4-5-9(17-7)11-10(12(13)15-14-11)8-3-2-6-16-8/h2-6H,1H3,(H3,13,14,15). The molecule has 0 bridgehead atoms. The SMILES string of the molecule is Cc1ccc(-c2[nH]nc(N)c2-c2cccs2)s1. The van der Waals surface area contributed by atoms with Gasteiger partial charge in [0.05, 0.1) is 16.1 Å². The van der Waals surface area contributed by atoms with Crippen molar-refractivity contribution in [3.63, 3.8) is 0 Å². The first kappa shape index (κ1) is 10.6. The summed E-state index contributed by atoms with van der Waals surface area (Å²) in [4.78, 5) is 3.61. The highest BCUT2D eigenvalue weighted by Crippen LogP contribution is 2.39. The molecule has 0 aliphatic heterocycles. The predicted molar refractivity (Wildman–Crippen MR) is 74.4 cm³/mol. The minimum Gasteiger partial charge on any atom is -0.382 e. The Morgan fingerprint density at radius 2 is 2.12 bits per heavy atom. The van der Waals surface area contributed by atoms with Crippen molar-refractivity contribution in [2.24, 2.45) is 0 Å². The molecule has 3 N–H and O–H groups in total. The number of hydrogen-bond acceptors (Lipinski definition) is 4. The van der Waals surface area contributed by atoms with Gasteiger partial charge in [0, 0.05) is 9.75 Å². The highest BCUT2D eigenvalue weighted by molar-refractivity contribution is 7.15. The number of aromatic nitrogens is 2. The largest absolute Gasteiger partial charge is 0.382 e. The lowest BCUT2D eigenvalue weighted by Gasteiger charge is -1.98. The summed E-state index contributed by atoms with van der Waals surface area (Å²) in [6, 6.07) is 8.30. The summed E-state index contributed by atoms with van der Waals surface area (Å²) in [6.07, 6.45) is 0. The first-order valence-corrected chi connectivity index (χ1v) is 6.90. The van der Waals surface area contributed by atoms with E-state index in [1.807, 2.05) is 11.4 Å². The van der Waals surface area contributed by atoms with E-state index in [-0.39, 0.29) is 0 Å². The molecule has 3 nitrogen and oxygen atoms in total. The van der Waals surface area contributed by atoms with Gasteiger partial charge in [0.2, 0.25) is 0 Å². The average Bonchev–Trinajstić information content (AvgIpc) is 2.97. The average molecular weight is 261 g/mol. The Hall–Kier alpha value is -1.59. The van der Waals surface area contributed by atoms with Gasteiger partial charge in [-0.05, 0) is 30.5 Å². The van der Waals surface area contributed by atoms with Gasteiger partial charge in [-0.2, -0.15) is 5.10 Å². The number of aromatic amines is 1. The summed E-state index contributed by atoms with van der Waals surface area (Å²) in [6.45, 7) is 2.10. The Morgan fingerprint density at radius 1 is 1.24 bits per heavy atom. The van der Waals surface area contributed by atoms with Crippen LogP contribution in [0.5, 0.6) is 0 Å². The van der Waals surface area contributed by atoms with Gasteiger partial charge >= 0.3 is 0 Å². The predicted octanol–water partition coefficient (Wildman–Crippen LogP) is 3.76. The lowest BCUT2D eigenvalue weighted by Crippen LogP contribution is -1.86. The summed E-state index contributed by atoms with van der Waals surface area (Å²) < 4.78 is 0. The van der Waals surface area contributed by atoms with Crippen LogP contribution in [0.3, 0.4) is 0 Å². The molecule has 0 aliphatic carbocycles. The Kier molecular flexibility index (Phi) is 2.49. The summed E-state index contributed by atoms with van der Waals surface area (Å²) in [5.41, 5.74) is 7.98. The van der Waals surface area contributed by atoms with Gasteiger partial charge in [0.25, 0.3) is 0 Å². The maximum absolute atomic E-state index is 5.95. The third-order valence-corrected chi connectivity index (χ3v) is 4.45. The van der Waals surface area contributed by atoms with Gasteiger partial charge in [-0.1, -0.05) is 6.07 Å². The van der Waals surface area contributed by atoms with Crippen LogP contribution in [0.15, 0.2) is 29.6 Å². The van der Waals surface area contributed by atoms with Crippen LogP contribution in [-0.2, 0) is 0 Å². The fraction of sp³-hybridized carbons (Fsp3) is 0.0833. The zero-order chi connectivity index (χ0) is 11.8. The number of aryl methyl sites for hydroxylation is 1. The van der Waals surface area contributed by atoms with E-state index >= 15 is 0 Å². The molecule has 0 saturated heterocycles. The second-order valence-corrected chi connectivity index (χ2v) is 5.98. The Bertz CT molecular complexity index is 635. The lowest BCUT2D eigenvalue weighted by molar-refractivity contribution is 1.11. The Balaban J connectivity index is 2.19. The van der Waals surface area contributed by atoms with E-state index in [1.54, 1.807) is 22.7 Å². The molecule has 0 radical (unpaired) electrons. The van der Waals surface area contributed by atoms with E-state index in [0.717, 1.165) is 16.1 Å². The summed E-state index contributed by atoms with van der Waals surface area (Å²) >= 11 is 3.42. The van der Waals surface area contributed by atoms with Crippen LogP contribution in [0, 0.1) is 6.92 Å². The Morgan fingerprint density at radius 3 is 2.76 bits per heavy atom. The molecule has 17 heavy (non-hydrogen) atoms. The van der Waals surface area contributed by atoms with Crippen LogP contribution < -0.4 is 5.73 Å². The quantitative estimate of drug-likeness (QED) is 0.738. The normalized spacial score (nSPS) is 10.9. The van der Waals surface area contributed by atoms with Crippen LogP contribution in [0.1, 0.15) is 4.88 Å². The molecular formula is C12H11N3S2. The van der Waals surface area contributed by atoms with Gasteiger partial charge in [-0.3, -0.25) is 5.10 Å². The molecule has 0 unspecified atom stereocenters. The molecule has 86 valence electrons. The van der Waals surface area contributed by atoms with Crippen molar-refractivity contribution >= 4 is 28.5 Å². The summed E-state index contributed by atoms with van der Waals surface area (Å²) in [5, 5.41) is 9.21. The number of H-pyrrole nitrogens is 1. The van der Waals surface area contributed by atoms with Crippen molar-refractivity contribution in [2.45, 2.75) is 6.92 Å². The molecule has 0 aliphatic rings. The van der Waals surface area contributed by atoms with Crippen molar-refractivity contribution in [1.29, 1.82) is 0 Å². The van der Waals surface area contributed by atoms with Crippen molar-refractivity contribution in [2.75, 3.05) is 5.73 Å². The van der Waals surface area contributed by atoms with Crippen LogP contribution >= 0.6 is 22.7 Å². The van der Waals surface area contributed by atoms with E-state index in [4.69, 9.17) is 5.73 Å². The monoisotopic (exact) mass is 261 g/mol. The highest BCUT2D eigenvalue weighted by Gasteiger charge is 2.16. The highest BCUT2D eigenvalue weighted by atomic mass is 32.1. The van der Waals surface area contributed by atoms with Gasteiger partial charge in [-0.15, -0.1) is 22.7 Å². The molecule has 0 saturated carbocycles. The fourth-order valence-corrected chi connectivity index (χ4v) is 3.43. The molecule has 3 rings (SSSR count). The fourth-order valence-electron chi connectivity index (χ4n) is 1.77. The number of hydrogen-bond donors (Lipinski definition) is 2. The van der Waals surface area contributed by atoms with Gasteiger partial charge in [-0.25, -0.2) is 0 Å². The van der Waals surface area contributed by atoms with Gasteiger partial charge < -0.3 is 5.73 Å². The van der Waals surface area contributed by atoms with Gasteiger partial charge in [0.1, 0.15) is 0 Å². The maximum Gasteiger partial charge on any atom is 0.154 e. The van der Waals surface area contributed by atoms with Crippen molar-refractivity contribution in [3.05, 3.63) is 34.5 Å². The summed E-state index contributed by atoms with van der Waals surface area (Å²) in [7, 11) is 0. The van der Waals surface area contributed by atoms with E-state index in [2.05, 4.69) is 35.3 Å². The van der Waals surface area contributed by atoms with Crippen LogP contribution in [-0.4, -0.2) is 10.2 Å². The van der Waals surface area contributed by atoms with E-state index in [9.17, 15) is 0 Å². The number of nitrogen functional groups attached to an aromatic ring is 1. The van der Waals surface area contributed by atoms with Crippen LogP contribution in [0.25, 0.3) is 21.0 Å². The number of nitrogens with zero attached hydrogens (tertiary/aromatic N) is 1. The zero-order valence-corrected chi connectivity index (χ0v) is 10.9. The lowest BCUT2D eigenvalue weighted by atomic mass is 10.1. The second-order valence-electron chi connectivity index (χ2n) is 3.75. The second kappa shape index (κ2) is 4.01. The van der Waals surface area contributed by atoms with E-state index < -0.39 is 0 Å². The molecule has 0 aromatic carbocycles. The molecule has 3 aromatic rings.